The Labute approximate surface area is 183 Å². The first-order chi connectivity index (χ1) is 14.7. The fourth-order valence-electron chi connectivity index (χ4n) is 3.03. The highest BCUT2D eigenvalue weighted by atomic mass is 32.2. The second-order valence-corrected chi connectivity index (χ2v) is 7.86. The van der Waals surface area contributed by atoms with Gasteiger partial charge in [-0.25, -0.2) is 4.98 Å². The Kier molecular flexibility index (Phi) is 9.25. The van der Waals surface area contributed by atoms with Gasteiger partial charge in [-0.15, -0.1) is 0 Å². The van der Waals surface area contributed by atoms with Gasteiger partial charge in [-0.2, -0.15) is 0 Å². The molecule has 11 heteroatoms. The minimum atomic E-state index is -1.03. The Bertz CT molecular complexity index is 788. The largest absolute Gasteiger partial charge is 0.465 e. The van der Waals surface area contributed by atoms with Crippen LogP contribution in [0.3, 0.4) is 0 Å². The molecule has 10 nitrogen and oxygen atoms in total. The molecule has 0 radical (unpaired) electrons. The third-order valence-electron chi connectivity index (χ3n) is 4.21. The molecule has 0 unspecified atom stereocenters. The van der Waals surface area contributed by atoms with Crippen LogP contribution < -0.4 is 0 Å². The number of hydrogen-bond acceptors (Lipinski definition) is 11. The minimum Gasteiger partial charge on any atom is -0.465 e. The Hall–Kier alpha value is -2.66. The van der Waals surface area contributed by atoms with E-state index in [1.165, 1.54) is 27.7 Å². The van der Waals surface area contributed by atoms with Crippen molar-refractivity contribution in [3.05, 3.63) is 24.4 Å². The molecular weight excluding hydrogens is 430 g/mol. The summed E-state index contributed by atoms with van der Waals surface area (Å²) in [6, 6.07) is 5.27. The highest BCUT2D eigenvalue weighted by Gasteiger charge is 2.51. The molecule has 31 heavy (non-hydrogen) atoms. The molecule has 1 aromatic rings. The lowest BCUT2D eigenvalue weighted by Gasteiger charge is -2.44. The van der Waals surface area contributed by atoms with E-state index in [9.17, 15) is 19.2 Å². The highest BCUT2D eigenvalue weighted by Crippen LogP contribution is 2.38. The van der Waals surface area contributed by atoms with Crippen LogP contribution in [0.1, 0.15) is 27.7 Å². The van der Waals surface area contributed by atoms with Crippen LogP contribution in [0.5, 0.6) is 0 Å². The van der Waals surface area contributed by atoms with Crippen molar-refractivity contribution in [3.63, 3.8) is 0 Å². The summed E-state index contributed by atoms with van der Waals surface area (Å²) < 4.78 is 27.3. The van der Waals surface area contributed by atoms with E-state index in [1.807, 2.05) is 0 Å². The lowest BCUT2D eigenvalue weighted by molar-refractivity contribution is -0.222. The zero-order chi connectivity index (χ0) is 23.0. The lowest BCUT2D eigenvalue weighted by atomic mass is 9.90. The van der Waals surface area contributed by atoms with Crippen LogP contribution in [-0.2, 0) is 42.9 Å². The standard InChI is InChI=1S/C20H25NO9S/c1-11(22)26-9-15-16(10-27-12(2)23)30-20(31-17-7-5-6-8-21-17)19(29-14(4)25)18(15)28-13(3)24/h5-8,15-16,18-20H,9-10H2,1-4H3/t15-,16-,18-,19-,20-/m1/s1. The summed E-state index contributed by atoms with van der Waals surface area (Å²) in [5.74, 6) is -3.07. The highest BCUT2D eigenvalue weighted by molar-refractivity contribution is 7.99. The molecular formula is C20H25NO9S. The van der Waals surface area contributed by atoms with Gasteiger partial charge in [0.2, 0.25) is 0 Å². The molecule has 170 valence electrons. The smallest absolute Gasteiger partial charge is 0.303 e. The normalized spacial score (nSPS) is 25.2. The van der Waals surface area contributed by atoms with Crippen LogP contribution in [0.2, 0.25) is 0 Å². The number of esters is 4. The van der Waals surface area contributed by atoms with Crippen molar-refractivity contribution in [3.8, 4) is 0 Å². The Morgan fingerprint density at radius 1 is 0.903 bits per heavy atom. The molecule has 0 amide bonds. The lowest BCUT2D eigenvalue weighted by Crippen LogP contribution is -2.58. The van der Waals surface area contributed by atoms with Crippen molar-refractivity contribution in [2.75, 3.05) is 13.2 Å². The number of nitrogens with zero attached hydrogens (tertiary/aromatic N) is 1. The molecule has 0 spiro atoms. The van der Waals surface area contributed by atoms with Crippen LogP contribution in [0.25, 0.3) is 0 Å². The fourth-order valence-corrected chi connectivity index (χ4v) is 4.09. The van der Waals surface area contributed by atoms with Gasteiger partial charge >= 0.3 is 23.9 Å². The predicted octanol–water partition coefficient (Wildman–Crippen LogP) is 1.50. The van der Waals surface area contributed by atoms with E-state index in [-0.39, 0.29) is 13.2 Å². The van der Waals surface area contributed by atoms with Crippen molar-refractivity contribution in [1.29, 1.82) is 0 Å². The summed E-state index contributed by atoms with van der Waals surface area (Å²) >= 11 is 1.16. The maximum atomic E-state index is 11.8. The van der Waals surface area contributed by atoms with Crippen molar-refractivity contribution >= 4 is 35.6 Å². The van der Waals surface area contributed by atoms with Gasteiger partial charge in [0.15, 0.2) is 12.2 Å². The Balaban J connectivity index is 2.40. The van der Waals surface area contributed by atoms with E-state index in [4.69, 9.17) is 23.7 Å². The SMILES string of the molecule is CC(=O)OC[C@H]1[C@@H](OC(C)=O)[C@@H](OC(C)=O)[C@@H](Sc2ccccn2)O[C@@H]1COC(C)=O. The van der Waals surface area contributed by atoms with Crippen molar-refractivity contribution in [2.24, 2.45) is 5.92 Å². The Morgan fingerprint density at radius 2 is 1.52 bits per heavy atom. The molecule has 2 rings (SSSR count). The van der Waals surface area contributed by atoms with Crippen LogP contribution in [0.4, 0.5) is 0 Å². The van der Waals surface area contributed by atoms with Crippen LogP contribution in [0.15, 0.2) is 29.4 Å². The Morgan fingerprint density at radius 3 is 2.06 bits per heavy atom. The third-order valence-corrected chi connectivity index (χ3v) is 5.30. The van der Waals surface area contributed by atoms with Gasteiger partial charge in [-0.3, -0.25) is 19.2 Å². The number of ether oxygens (including phenoxy) is 5. The molecule has 0 aliphatic carbocycles. The number of pyridine rings is 1. The minimum absolute atomic E-state index is 0.175. The molecule has 1 aliphatic rings. The van der Waals surface area contributed by atoms with Gasteiger partial charge in [0.25, 0.3) is 0 Å². The molecule has 1 saturated heterocycles. The van der Waals surface area contributed by atoms with E-state index < -0.39 is 53.5 Å². The zero-order valence-electron chi connectivity index (χ0n) is 17.6. The van der Waals surface area contributed by atoms with Gasteiger partial charge in [-0.1, -0.05) is 17.8 Å². The fraction of sp³-hybridized carbons (Fsp3) is 0.550. The number of rotatable bonds is 8. The predicted molar refractivity (Wildman–Crippen MR) is 107 cm³/mol. The number of carbonyl (C=O) groups excluding carboxylic acids is 4. The topological polar surface area (TPSA) is 127 Å². The molecule has 0 saturated carbocycles. The van der Waals surface area contributed by atoms with Crippen molar-refractivity contribution in [1.82, 2.24) is 4.98 Å². The molecule has 2 heterocycles. The first kappa shape index (κ1) is 24.6. The molecule has 1 aromatic heterocycles. The monoisotopic (exact) mass is 455 g/mol. The summed E-state index contributed by atoms with van der Waals surface area (Å²) in [7, 11) is 0. The average molecular weight is 455 g/mol. The van der Waals surface area contributed by atoms with Gasteiger partial charge in [0.05, 0.1) is 10.9 Å². The molecule has 1 aliphatic heterocycles. The zero-order valence-corrected chi connectivity index (χ0v) is 18.5. The third kappa shape index (κ3) is 7.83. The van der Waals surface area contributed by atoms with Crippen LogP contribution in [0, 0.1) is 5.92 Å². The van der Waals surface area contributed by atoms with Gasteiger partial charge in [0, 0.05) is 33.9 Å². The summed E-state index contributed by atoms with van der Waals surface area (Å²) in [6.45, 7) is 4.54. The summed E-state index contributed by atoms with van der Waals surface area (Å²) in [6.07, 6.45) is -1.26. The van der Waals surface area contributed by atoms with E-state index in [0.717, 1.165) is 11.8 Å². The molecule has 0 bridgehead atoms. The number of carbonyl (C=O) groups is 4. The molecule has 0 N–H and O–H groups in total. The second-order valence-electron chi connectivity index (χ2n) is 6.75. The van der Waals surface area contributed by atoms with Gasteiger partial charge in [-0.05, 0) is 12.1 Å². The number of aromatic nitrogens is 1. The average Bonchev–Trinajstić information content (AvgIpc) is 2.68. The van der Waals surface area contributed by atoms with Gasteiger partial charge < -0.3 is 23.7 Å². The van der Waals surface area contributed by atoms with Crippen LogP contribution >= 0.6 is 11.8 Å². The first-order valence-electron chi connectivity index (χ1n) is 9.51. The quantitative estimate of drug-likeness (QED) is 0.418. The number of hydrogen-bond donors (Lipinski definition) is 0. The van der Waals surface area contributed by atoms with Crippen molar-refractivity contribution < 1.29 is 42.9 Å². The molecule has 1 fully saturated rings. The van der Waals surface area contributed by atoms with Crippen LogP contribution in [-0.4, -0.2) is 65.8 Å². The van der Waals surface area contributed by atoms with Gasteiger partial charge in [0.1, 0.15) is 24.8 Å². The van der Waals surface area contributed by atoms with E-state index in [0.29, 0.717) is 5.03 Å². The maximum absolute atomic E-state index is 11.8. The van der Waals surface area contributed by atoms with E-state index in [1.54, 1.807) is 24.4 Å². The second kappa shape index (κ2) is 11.7. The summed E-state index contributed by atoms with van der Waals surface area (Å²) in [4.78, 5) is 50.7. The summed E-state index contributed by atoms with van der Waals surface area (Å²) in [5.41, 5.74) is -0.836. The molecule has 5 atom stereocenters. The van der Waals surface area contributed by atoms with Crippen molar-refractivity contribution in [2.45, 2.75) is 56.5 Å². The van der Waals surface area contributed by atoms with E-state index >= 15 is 0 Å². The first-order valence-corrected chi connectivity index (χ1v) is 10.4. The number of thioether (sulfide) groups is 1. The van der Waals surface area contributed by atoms with E-state index in [2.05, 4.69) is 4.98 Å². The maximum Gasteiger partial charge on any atom is 0.303 e. The summed E-state index contributed by atoms with van der Waals surface area (Å²) in [5, 5.41) is 0.580. The molecule has 0 aromatic carbocycles.